The van der Waals surface area contributed by atoms with Gasteiger partial charge in [0.05, 0.1) is 6.20 Å². The van der Waals surface area contributed by atoms with Crippen molar-refractivity contribution in [3.63, 3.8) is 0 Å². The van der Waals surface area contributed by atoms with Gasteiger partial charge in [0.25, 0.3) is 0 Å². The minimum Gasteiger partial charge on any atom is -0.339 e. The van der Waals surface area contributed by atoms with Gasteiger partial charge in [-0.25, -0.2) is 0 Å². The molecule has 0 radical (unpaired) electrons. The number of hydrogen-bond acceptors (Lipinski definition) is 5. The van der Waals surface area contributed by atoms with Crippen LogP contribution in [0.15, 0.2) is 48.7 Å². The number of nitrogens with one attached hydrogen (secondary N) is 1. The summed E-state index contributed by atoms with van der Waals surface area (Å²) in [5.74, 6) is 1.20. The van der Waals surface area contributed by atoms with Crippen molar-refractivity contribution in [1.29, 1.82) is 0 Å². The van der Waals surface area contributed by atoms with Gasteiger partial charge in [-0.15, -0.1) is 5.10 Å². The van der Waals surface area contributed by atoms with Crippen molar-refractivity contribution in [2.45, 2.75) is 13.0 Å². The van der Waals surface area contributed by atoms with Gasteiger partial charge in [-0.3, -0.25) is 0 Å². The van der Waals surface area contributed by atoms with E-state index in [-0.39, 0.29) is 0 Å². The highest BCUT2D eigenvalue weighted by Gasteiger charge is 2.18. The molecule has 0 saturated carbocycles. The molecule has 3 aromatic rings. The second kappa shape index (κ2) is 6.86. The number of halogens is 2. The second-order valence-electron chi connectivity index (χ2n) is 5.87. The summed E-state index contributed by atoms with van der Waals surface area (Å²) >= 11 is 12.1. The van der Waals surface area contributed by atoms with Gasteiger partial charge in [-0.05, 0) is 35.7 Å². The lowest BCUT2D eigenvalue weighted by molar-refractivity contribution is 0.698. The van der Waals surface area contributed by atoms with Crippen LogP contribution >= 0.6 is 23.2 Å². The zero-order valence-electron chi connectivity index (χ0n) is 13.3. The molecule has 0 atom stereocenters. The van der Waals surface area contributed by atoms with Crippen LogP contribution in [0.1, 0.15) is 11.1 Å². The average molecular weight is 372 g/mol. The first kappa shape index (κ1) is 16.1. The molecule has 4 rings (SSSR count). The van der Waals surface area contributed by atoms with Gasteiger partial charge in [-0.1, -0.05) is 47.5 Å². The number of fused-ring (bicyclic) bond motifs is 1. The Morgan fingerprint density at radius 3 is 2.56 bits per heavy atom. The Bertz CT molecular complexity index is 895. The van der Waals surface area contributed by atoms with E-state index in [9.17, 15) is 0 Å². The molecule has 0 bridgehead atoms. The quantitative estimate of drug-likeness (QED) is 0.735. The van der Waals surface area contributed by atoms with Gasteiger partial charge in [0.15, 0.2) is 5.82 Å². The molecule has 0 amide bonds. The first-order chi connectivity index (χ1) is 12.2. The van der Waals surface area contributed by atoms with Crippen molar-refractivity contribution in [2.75, 3.05) is 16.8 Å². The maximum Gasteiger partial charge on any atom is 0.247 e. The molecule has 1 aromatic heterocycles. The number of anilines is 3. The lowest BCUT2D eigenvalue weighted by atomic mass is 10.0. The Morgan fingerprint density at radius 1 is 1.00 bits per heavy atom. The normalized spacial score (nSPS) is 13.4. The fourth-order valence-corrected chi connectivity index (χ4v) is 3.45. The van der Waals surface area contributed by atoms with Crippen LogP contribution in [0.25, 0.3) is 0 Å². The predicted molar refractivity (Wildman–Crippen MR) is 101 cm³/mol. The van der Waals surface area contributed by atoms with Gasteiger partial charge in [0, 0.05) is 28.8 Å². The zero-order valence-corrected chi connectivity index (χ0v) is 14.8. The summed E-state index contributed by atoms with van der Waals surface area (Å²) < 4.78 is 0. The summed E-state index contributed by atoms with van der Waals surface area (Å²) in [6.45, 7) is 1.65. The number of rotatable bonds is 3. The van der Waals surface area contributed by atoms with E-state index in [0.29, 0.717) is 21.8 Å². The van der Waals surface area contributed by atoms with Crippen molar-refractivity contribution >= 4 is 40.7 Å². The number of nitrogens with zero attached hydrogens (tertiary/aromatic N) is 4. The SMILES string of the molecule is Clc1cc(Cl)cc(Nc2cnnc(N3CCc4ccccc4C3)n2)c1. The van der Waals surface area contributed by atoms with Gasteiger partial charge in [0.2, 0.25) is 5.95 Å². The third-order valence-electron chi connectivity index (χ3n) is 4.10. The third-order valence-corrected chi connectivity index (χ3v) is 4.53. The number of benzene rings is 2. The van der Waals surface area contributed by atoms with Crippen LogP contribution in [0.3, 0.4) is 0 Å². The Hall–Kier alpha value is -2.37. The molecule has 0 saturated heterocycles. The summed E-state index contributed by atoms with van der Waals surface area (Å²) in [6.07, 6.45) is 2.55. The molecule has 1 aliphatic heterocycles. The van der Waals surface area contributed by atoms with Crippen LogP contribution in [0.5, 0.6) is 0 Å². The first-order valence-corrected chi connectivity index (χ1v) is 8.67. The fourth-order valence-electron chi connectivity index (χ4n) is 2.93. The molecule has 1 aliphatic rings. The van der Waals surface area contributed by atoms with Crippen molar-refractivity contribution in [3.8, 4) is 0 Å². The molecule has 2 heterocycles. The highest BCUT2D eigenvalue weighted by atomic mass is 35.5. The third kappa shape index (κ3) is 3.67. The monoisotopic (exact) mass is 371 g/mol. The maximum atomic E-state index is 6.04. The summed E-state index contributed by atoms with van der Waals surface area (Å²) in [7, 11) is 0. The minimum absolute atomic E-state index is 0.560. The van der Waals surface area contributed by atoms with Crippen LogP contribution in [0.4, 0.5) is 17.5 Å². The Balaban J connectivity index is 1.56. The maximum absolute atomic E-state index is 6.04. The highest BCUT2D eigenvalue weighted by molar-refractivity contribution is 6.35. The summed E-state index contributed by atoms with van der Waals surface area (Å²) in [6, 6.07) is 13.7. The highest BCUT2D eigenvalue weighted by Crippen LogP contribution is 2.26. The van der Waals surface area contributed by atoms with Crippen LogP contribution in [0.2, 0.25) is 10.0 Å². The topological polar surface area (TPSA) is 53.9 Å². The molecular weight excluding hydrogens is 357 g/mol. The van der Waals surface area contributed by atoms with E-state index < -0.39 is 0 Å². The standard InChI is InChI=1S/C18H15Cl2N5/c19-14-7-15(20)9-16(8-14)22-17-10-21-24-18(23-17)25-6-5-12-3-1-2-4-13(12)11-25/h1-4,7-10H,5-6,11H2,(H,22,23,24). The molecule has 126 valence electrons. The fraction of sp³-hybridized carbons (Fsp3) is 0.167. The lowest BCUT2D eigenvalue weighted by Gasteiger charge is -2.28. The molecule has 0 unspecified atom stereocenters. The van der Waals surface area contributed by atoms with Crippen LogP contribution in [0, 0.1) is 0 Å². The van der Waals surface area contributed by atoms with E-state index in [2.05, 4.69) is 49.7 Å². The predicted octanol–water partition coefficient (Wildman–Crippen LogP) is 4.48. The van der Waals surface area contributed by atoms with Crippen LogP contribution in [-0.2, 0) is 13.0 Å². The summed E-state index contributed by atoms with van der Waals surface area (Å²) in [5, 5.41) is 12.6. The lowest BCUT2D eigenvalue weighted by Crippen LogP contribution is -2.32. The van der Waals surface area contributed by atoms with E-state index in [0.717, 1.165) is 25.2 Å². The van der Waals surface area contributed by atoms with Gasteiger partial charge >= 0.3 is 0 Å². The van der Waals surface area contributed by atoms with E-state index in [1.807, 2.05) is 0 Å². The Morgan fingerprint density at radius 2 is 1.76 bits per heavy atom. The average Bonchev–Trinajstić information content (AvgIpc) is 2.61. The molecule has 0 spiro atoms. The summed E-state index contributed by atoms with van der Waals surface area (Å²) in [4.78, 5) is 6.71. The zero-order chi connectivity index (χ0) is 17.2. The number of hydrogen-bond donors (Lipinski definition) is 1. The summed E-state index contributed by atoms with van der Waals surface area (Å²) in [5.41, 5.74) is 3.44. The van der Waals surface area contributed by atoms with E-state index in [4.69, 9.17) is 23.2 Å². The van der Waals surface area contributed by atoms with E-state index >= 15 is 0 Å². The van der Waals surface area contributed by atoms with E-state index in [1.165, 1.54) is 11.1 Å². The molecule has 25 heavy (non-hydrogen) atoms. The Kier molecular flexibility index (Phi) is 4.42. The smallest absolute Gasteiger partial charge is 0.247 e. The second-order valence-corrected chi connectivity index (χ2v) is 6.74. The molecule has 0 fully saturated rings. The first-order valence-electron chi connectivity index (χ1n) is 7.92. The molecule has 2 aromatic carbocycles. The Labute approximate surface area is 155 Å². The van der Waals surface area contributed by atoms with Crippen molar-refractivity contribution in [3.05, 3.63) is 69.8 Å². The molecule has 5 nitrogen and oxygen atoms in total. The van der Waals surface area contributed by atoms with Gasteiger partial charge in [0.1, 0.15) is 0 Å². The minimum atomic E-state index is 0.560. The molecule has 0 aliphatic carbocycles. The van der Waals surface area contributed by atoms with Crippen LogP contribution < -0.4 is 10.2 Å². The largest absolute Gasteiger partial charge is 0.339 e. The van der Waals surface area contributed by atoms with Crippen molar-refractivity contribution < 1.29 is 0 Å². The number of aromatic nitrogens is 3. The molecule has 1 N–H and O–H groups in total. The molecular formula is C18H15Cl2N5. The van der Waals surface area contributed by atoms with Crippen LogP contribution in [-0.4, -0.2) is 21.7 Å². The van der Waals surface area contributed by atoms with E-state index in [1.54, 1.807) is 24.4 Å². The van der Waals surface area contributed by atoms with Crippen molar-refractivity contribution in [2.24, 2.45) is 0 Å². The molecule has 7 heteroatoms. The van der Waals surface area contributed by atoms with Gasteiger partial charge in [-0.2, -0.15) is 10.1 Å². The van der Waals surface area contributed by atoms with Gasteiger partial charge < -0.3 is 10.2 Å². The van der Waals surface area contributed by atoms with Crippen molar-refractivity contribution in [1.82, 2.24) is 15.2 Å².